The fraction of sp³-hybridized carbons (Fsp3) is 0.571. The highest BCUT2D eigenvalue weighted by Crippen LogP contribution is 2.34. The molecule has 0 nitrogen and oxygen atoms in total. The standard InChI is InChI=1S/C14H19Cl/c1-11-8-9-13(15)10-14(11)12-6-4-2-3-5-7-12/h8-10,12H,2-7H2,1H3. The average Bonchev–Trinajstić information content (AvgIpc) is 2.50. The lowest BCUT2D eigenvalue weighted by Gasteiger charge is -2.17. The predicted octanol–water partition coefficient (Wildman–Crippen LogP) is 5.09. The van der Waals surface area contributed by atoms with Crippen molar-refractivity contribution in [2.75, 3.05) is 0 Å². The summed E-state index contributed by atoms with van der Waals surface area (Å²) in [5.74, 6) is 0.756. The van der Waals surface area contributed by atoms with Crippen LogP contribution >= 0.6 is 11.6 Å². The van der Waals surface area contributed by atoms with Crippen molar-refractivity contribution in [2.24, 2.45) is 0 Å². The van der Waals surface area contributed by atoms with E-state index in [9.17, 15) is 0 Å². The lowest BCUT2D eigenvalue weighted by Crippen LogP contribution is -1.99. The van der Waals surface area contributed by atoms with E-state index in [0.717, 1.165) is 10.9 Å². The van der Waals surface area contributed by atoms with Gasteiger partial charge in [-0.1, -0.05) is 43.4 Å². The first kappa shape index (κ1) is 11.0. The molecule has 15 heavy (non-hydrogen) atoms. The van der Waals surface area contributed by atoms with Gasteiger partial charge in [-0.25, -0.2) is 0 Å². The highest BCUT2D eigenvalue weighted by molar-refractivity contribution is 6.30. The summed E-state index contributed by atoms with van der Waals surface area (Å²) in [5, 5.41) is 0.889. The smallest absolute Gasteiger partial charge is 0.0409 e. The molecule has 0 radical (unpaired) electrons. The van der Waals surface area contributed by atoms with Crippen LogP contribution in [0.5, 0.6) is 0 Å². The number of rotatable bonds is 1. The second-order valence-electron chi connectivity index (χ2n) is 4.69. The molecule has 0 unspecified atom stereocenters. The predicted molar refractivity (Wildman–Crippen MR) is 66.6 cm³/mol. The number of benzene rings is 1. The summed E-state index contributed by atoms with van der Waals surface area (Å²) in [4.78, 5) is 0. The fourth-order valence-electron chi connectivity index (χ4n) is 2.64. The van der Waals surface area contributed by atoms with Gasteiger partial charge in [0.15, 0.2) is 0 Å². The van der Waals surface area contributed by atoms with E-state index in [0.29, 0.717) is 0 Å². The van der Waals surface area contributed by atoms with Crippen molar-refractivity contribution >= 4 is 11.6 Å². The van der Waals surface area contributed by atoms with Crippen LogP contribution in [0.3, 0.4) is 0 Å². The lowest BCUT2D eigenvalue weighted by atomic mass is 9.89. The second kappa shape index (κ2) is 5.03. The molecular weight excluding hydrogens is 204 g/mol. The highest BCUT2D eigenvalue weighted by atomic mass is 35.5. The van der Waals surface area contributed by atoms with Gasteiger partial charge in [-0.05, 0) is 48.9 Å². The van der Waals surface area contributed by atoms with E-state index in [1.165, 1.54) is 49.7 Å². The number of halogens is 1. The Morgan fingerprint density at radius 2 is 1.73 bits per heavy atom. The molecule has 1 fully saturated rings. The first-order valence-electron chi connectivity index (χ1n) is 6.03. The molecule has 82 valence electrons. The molecule has 0 spiro atoms. The summed E-state index contributed by atoms with van der Waals surface area (Å²) in [7, 11) is 0. The Morgan fingerprint density at radius 3 is 2.40 bits per heavy atom. The maximum absolute atomic E-state index is 6.08. The largest absolute Gasteiger partial charge is 0.0843 e. The first-order valence-corrected chi connectivity index (χ1v) is 6.41. The Balaban J connectivity index is 2.22. The SMILES string of the molecule is Cc1ccc(Cl)cc1C1CCCCCC1. The highest BCUT2D eigenvalue weighted by Gasteiger charge is 2.16. The molecule has 0 aromatic heterocycles. The number of hydrogen-bond donors (Lipinski definition) is 0. The second-order valence-corrected chi connectivity index (χ2v) is 5.13. The van der Waals surface area contributed by atoms with Crippen molar-refractivity contribution in [3.63, 3.8) is 0 Å². The fourth-order valence-corrected chi connectivity index (χ4v) is 2.82. The lowest BCUT2D eigenvalue weighted by molar-refractivity contribution is 0.590. The molecule has 0 heterocycles. The molecule has 0 saturated heterocycles. The third-order valence-corrected chi connectivity index (χ3v) is 3.77. The Hall–Kier alpha value is -0.490. The molecule has 0 bridgehead atoms. The summed E-state index contributed by atoms with van der Waals surface area (Å²) >= 11 is 6.08. The van der Waals surface area contributed by atoms with Gasteiger partial charge in [0.1, 0.15) is 0 Å². The normalized spacial score (nSPS) is 18.8. The van der Waals surface area contributed by atoms with Crippen LogP contribution in [-0.2, 0) is 0 Å². The zero-order valence-electron chi connectivity index (χ0n) is 9.43. The van der Waals surface area contributed by atoms with E-state index in [-0.39, 0.29) is 0 Å². The molecule has 1 aromatic carbocycles. The quantitative estimate of drug-likeness (QED) is 0.581. The van der Waals surface area contributed by atoms with Crippen LogP contribution in [0.2, 0.25) is 5.02 Å². The molecule has 0 aliphatic heterocycles. The van der Waals surface area contributed by atoms with Crippen LogP contribution in [0.1, 0.15) is 55.6 Å². The van der Waals surface area contributed by atoms with Gasteiger partial charge in [-0.2, -0.15) is 0 Å². The van der Waals surface area contributed by atoms with Crippen molar-refractivity contribution in [1.82, 2.24) is 0 Å². The molecule has 0 amide bonds. The van der Waals surface area contributed by atoms with Gasteiger partial charge in [-0.15, -0.1) is 0 Å². The molecule has 0 atom stereocenters. The van der Waals surface area contributed by atoms with Crippen LogP contribution < -0.4 is 0 Å². The van der Waals surface area contributed by atoms with Gasteiger partial charge >= 0.3 is 0 Å². The molecule has 1 saturated carbocycles. The summed E-state index contributed by atoms with van der Waals surface area (Å²) in [6, 6.07) is 6.33. The Kier molecular flexibility index (Phi) is 3.69. The summed E-state index contributed by atoms with van der Waals surface area (Å²) in [6.07, 6.45) is 8.29. The Labute approximate surface area is 97.6 Å². The van der Waals surface area contributed by atoms with Gasteiger partial charge in [-0.3, -0.25) is 0 Å². The Morgan fingerprint density at radius 1 is 1.07 bits per heavy atom. The van der Waals surface area contributed by atoms with E-state index in [2.05, 4.69) is 19.1 Å². The minimum Gasteiger partial charge on any atom is -0.0843 e. The maximum Gasteiger partial charge on any atom is 0.0409 e. The minimum absolute atomic E-state index is 0.756. The molecule has 1 aromatic rings. The molecular formula is C14H19Cl. The van der Waals surface area contributed by atoms with Gasteiger partial charge in [0, 0.05) is 5.02 Å². The van der Waals surface area contributed by atoms with Crippen LogP contribution in [0.15, 0.2) is 18.2 Å². The van der Waals surface area contributed by atoms with E-state index < -0.39 is 0 Å². The number of aryl methyl sites for hydroxylation is 1. The van der Waals surface area contributed by atoms with E-state index in [1.54, 1.807) is 0 Å². The van der Waals surface area contributed by atoms with E-state index in [1.807, 2.05) is 6.07 Å². The zero-order valence-corrected chi connectivity index (χ0v) is 10.2. The summed E-state index contributed by atoms with van der Waals surface area (Å²) in [5.41, 5.74) is 2.90. The monoisotopic (exact) mass is 222 g/mol. The van der Waals surface area contributed by atoms with Gasteiger partial charge in [0.2, 0.25) is 0 Å². The average molecular weight is 223 g/mol. The Bertz CT molecular complexity index is 322. The topological polar surface area (TPSA) is 0 Å². The summed E-state index contributed by atoms with van der Waals surface area (Å²) < 4.78 is 0. The third kappa shape index (κ3) is 2.75. The molecule has 1 heteroatoms. The van der Waals surface area contributed by atoms with Crippen LogP contribution in [-0.4, -0.2) is 0 Å². The van der Waals surface area contributed by atoms with E-state index in [4.69, 9.17) is 11.6 Å². The number of hydrogen-bond acceptors (Lipinski definition) is 0. The van der Waals surface area contributed by atoms with Crippen molar-refractivity contribution in [3.05, 3.63) is 34.3 Å². The minimum atomic E-state index is 0.756. The van der Waals surface area contributed by atoms with Crippen molar-refractivity contribution in [2.45, 2.75) is 51.4 Å². The zero-order chi connectivity index (χ0) is 10.7. The van der Waals surface area contributed by atoms with E-state index >= 15 is 0 Å². The first-order chi connectivity index (χ1) is 7.27. The van der Waals surface area contributed by atoms with Crippen molar-refractivity contribution in [3.8, 4) is 0 Å². The molecule has 1 aliphatic carbocycles. The van der Waals surface area contributed by atoms with Crippen LogP contribution in [0.25, 0.3) is 0 Å². The van der Waals surface area contributed by atoms with Crippen LogP contribution in [0, 0.1) is 6.92 Å². The van der Waals surface area contributed by atoms with Gasteiger partial charge < -0.3 is 0 Å². The van der Waals surface area contributed by atoms with Crippen molar-refractivity contribution < 1.29 is 0 Å². The third-order valence-electron chi connectivity index (χ3n) is 3.54. The van der Waals surface area contributed by atoms with Crippen molar-refractivity contribution in [1.29, 1.82) is 0 Å². The van der Waals surface area contributed by atoms with Gasteiger partial charge in [0.05, 0.1) is 0 Å². The maximum atomic E-state index is 6.08. The molecule has 0 N–H and O–H groups in total. The molecule has 2 rings (SSSR count). The van der Waals surface area contributed by atoms with Gasteiger partial charge in [0.25, 0.3) is 0 Å². The summed E-state index contributed by atoms with van der Waals surface area (Å²) in [6.45, 7) is 2.20. The van der Waals surface area contributed by atoms with Crippen LogP contribution in [0.4, 0.5) is 0 Å². The molecule has 1 aliphatic rings.